The standard InChI is InChI=1S/C21H33N3O3/c1-5-6-7-17-8-10-18(11-9-17)20(26)24-19(14-23-16(4)25)21(27)22-13-12-15(2)3/h8-11,15,19H,5-7,12-14H2,1-4H3,(H,22,27)(H,23,25)(H,24,26)/t19-/m0/s1. The summed E-state index contributed by atoms with van der Waals surface area (Å²) >= 11 is 0. The number of benzene rings is 1. The zero-order chi connectivity index (χ0) is 20.2. The number of aryl methyl sites for hydroxylation is 1. The van der Waals surface area contributed by atoms with Gasteiger partial charge in [-0.05, 0) is 42.9 Å². The van der Waals surface area contributed by atoms with Crippen molar-refractivity contribution in [3.63, 3.8) is 0 Å². The number of carbonyl (C=O) groups excluding carboxylic acids is 3. The van der Waals surface area contributed by atoms with E-state index in [1.807, 2.05) is 12.1 Å². The van der Waals surface area contributed by atoms with E-state index in [0.29, 0.717) is 18.0 Å². The minimum atomic E-state index is -0.812. The highest BCUT2D eigenvalue weighted by atomic mass is 16.2. The van der Waals surface area contributed by atoms with Crippen LogP contribution in [0.1, 0.15) is 62.9 Å². The van der Waals surface area contributed by atoms with E-state index in [1.165, 1.54) is 12.5 Å². The number of rotatable bonds is 11. The minimum Gasteiger partial charge on any atom is -0.354 e. The molecular weight excluding hydrogens is 342 g/mol. The molecule has 0 aliphatic carbocycles. The van der Waals surface area contributed by atoms with E-state index in [0.717, 1.165) is 25.7 Å². The topological polar surface area (TPSA) is 87.3 Å². The van der Waals surface area contributed by atoms with Gasteiger partial charge in [-0.15, -0.1) is 0 Å². The summed E-state index contributed by atoms with van der Waals surface area (Å²) in [5, 5.41) is 8.15. The molecule has 27 heavy (non-hydrogen) atoms. The first-order chi connectivity index (χ1) is 12.8. The third-order valence-corrected chi connectivity index (χ3v) is 4.23. The summed E-state index contributed by atoms with van der Waals surface area (Å²) in [5.41, 5.74) is 1.69. The molecular formula is C21H33N3O3. The Morgan fingerprint density at radius 2 is 1.70 bits per heavy atom. The molecule has 0 aliphatic rings. The van der Waals surface area contributed by atoms with Crippen LogP contribution < -0.4 is 16.0 Å². The van der Waals surface area contributed by atoms with Crippen molar-refractivity contribution < 1.29 is 14.4 Å². The summed E-state index contributed by atoms with van der Waals surface area (Å²) in [6.45, 7) is 8.27. The summed E-state index contributed by atoms with van der Waals surface area (Å²) < 4.78 is 0. The lowest BCUT2D eigenvalue weighted by molar-refractivity contribution is -0.123. The van der Waals surface area contributed by atoms with Crippen molar-refractivity contribution in [3.05, 3.63) is 35.4 Å². The van der Waals surface area contributed by atoms with Crippen LogP contribution in [-0.2, 0) is 16.0 Å². The lowest BCUT2D eigenvalue weighted by Gasteiger charge is -2.19. The number of carbonyl (C=O) groups is 3. The van der Waals surface area contributed by atoms with Gasteiger partial charge in [0.2, 0.25) is 11.8 Å². The molecule has 3 amide bonds. The molecule has 0 heterocycles. The van der Waals surface area contributed by atoms with E-state index in [9.17, 15) is 14.4 Å². The van der Waals surface area contributed by atoms with E-state index < -0.39 is 6.04 Å². The maximum Gasteiger partial charge on any atom is 0.251 e. The van der Waals surface area contributed by atoms with E-state index in [1.54, 1.807) is 12.1 Å². The van der Waals surface area contributed by atoms with Gasteiger partial charge >= 0.3 is 0 Å². The van der Waals surface area contributed by atoms with Crippen molar-refractivity contribution in [1.29, 1.82) is 0 Å². The van der Waals surface area contributed by atoms with Gasteiger partial charge in [0.15, 0.2) is 0 Å². The monoisotopic (exact) mass is 375 g/mol. The van der Waals surface area contributed by atoms with Crippen molar-refractivity contribution >= 4 is 17.7 Å². The van der Waals surface area contributed by atoms with Crippen LogP contribution in [0, 0.1) is 5.92 Å². The average Bonchev–Trinajstić information content (AvgIpc) is 2.63. The van der Waals surface area contributed by atoms with Crippen molar-refractivity contribution in [2.75, 3.05) is 13.1 Å². The molecule has 0 fully saturated rings. The van der Waals surface area contributed by atoms with Gasteiger partial charge in [0.05, 0.1) is 0 Å². The van der Waals surface area contributed by atoms with Crippen LogP contribution in [0.3, 0.4) is 0 Å². The van der Waals surface area contributed by atoms with Crippen molar-refractivity contribution in [2.24, 2.45) is 5.92 Å². The summed E-state index contributed by atoms with van der Waals surface area (Å²) in [7, 11) is 0. The Labute approximate surface area is 162 Å². The van der Waals surface area contributed by atoms with Crippen LogP contribution in [0.4, 0.5) is 0 Å². The lowest BCUT2D eigenvalue weighted by Crippen LogP contribution is -2.52. The maximum atomic E-state index is 12.5. The number of hydrogen-bond acceptors (Lipinski definition) is 3. The molecule has 1 aromatic rings. The molecule has 1 rings (SSSR count). The van der Waals surface area contributed by atoms with Gasteiger partial charge in [-0.25, -0.2) is 0 Å². The predicted octanol–water partition coefficient (Wildman–Crippen LogP) is 2.43. The number of amides is 3. The first kappa shape index (κ1) is 22.7. The molecule has 6 heteroatoms. The van der Waals surface area contributed by atoms with Crippen molar-refractivity contribution in [3.8, 4) is 0 Å². The van der Waals surface area contributed by atoms with E-state index in [-0.39, 0.29) is 24.3 Å². The molecule has 0 saturated heterocycles. The molecule has 1 aromatic carbocycles. The fourth-order valence-electron chi connectivity index (χ4n) is 2.51. The van der Waals surface area contributed by atoms with Crippen LogP contribution in [0.15, 0.2) is 24.3 Å². The summed E-state index contributed by atoms with van der Waals surface area (Å²) in [6, 6.07) is 6.61. The number of nitrogens with one attached hydrogen (secondary N) is 3. The van der Waals surface area contributed by atoms with Gasteiger partial charge in [0, 0.05) is 25.6 Å². The van der Waals surface area contributed by atoms with Crippen LogP contribution in [-0.4, -0.2) is 36.9 Å². The number of unbranched alkanes of at least 4 members (excludes halogenated alkanes) is 1. The van der Waals surface area contributed by atoms with Crippen molar-refractivity contribution in [2.45, 2.75) is 59.4 Å². The normalized spacial score (nSPS) is 11.7. The highest BCUT2D eigenvalue weighted by Crippen LogP contribution is 2.08. The third-order valence-electron chi connectivity index (χ3n) is 4.23. The third kappa shape index (κ3) is 9.22. The molecule has 0 aromatic heterocycles. The van der Waals surface area contributed by atoms with Gasteiger partial charge in [-0.3, -0.25) is 14.4 Å². The van der Waals surface area contributed by atoms with E-state index >= 15 is 0 Å². The Morgan fingerprint density at radius 3 is 2.26 bits per heavy atom. The molecule has 0 saturated carbocycles. The van der Waals surface area contributed by atoms with E-state index in [2.05, 4.69) is 36.7 Å². The Hall–Kier alpha value is -2.37. The van der Waals surface area contributed by atoms with Gasteiger partial charge in [0.25, 0.3) is 5.91 Å². The quantitative estimate of drug-likeness (QED) is 0.555. The lowest BCUT2D eigenvalue weighted by atomic mass is 10.1. The molecule has 0 aliphatic heterocycles. The van der Waals surface area contributed by atoms with Gasteiger partial charge in [-0.2, -0.15) is 0 Å². The average molecular weight is 376 g/mol. The summed E-state index contributed by atoms with van der Waals surface area (Å²) in [5.74, 6) is -0.395. The molecule has 0 bridgehead atoms. The van der Waals surface area contributed by atoms with Crippen LogP contribution in [0.25, 0.3) is 0 Å². The molecule has 0 radical (unpaired) electrons. The largest absolute Gasteiger partial charge is 0.354 e. The highest BCUT2D eigenvalue weighted by Gasteiger charge is 2.21. The fraction of sp³-hybridized carbons (Fsp3) is 0.571. The molecule has 6 nitrogen and oxygen atoms in total. The summed E-state index contributed by atoms with van der Waals surface area (Å²) in [4.78, 5) is 36.1. The molecule has 0 spiro atoms. The zero-order valence-corrected chi connectivity index (χ0v) is 16.9. The molecule has 3 N–H and O–H groups in total. The Balaban J connectivity index is 2.70. The van der Waals surface area contributed by atoms with E-state index in [4.69, 9.17) is 0 Å². The Morgan fingerprint density at radius 1 is 1.04 bits per heavy atom. The highest BCUT2D eigenvalue weighted by molar-refractivity contribution is 5.97. The maximum absolute atomic E-state index is 12.5. The Kier molecular flexibility index (Phi) is 10.2. The van der Waals surface area contributed by atoms with Gasteiger partial charge < -0.3 is 16.0 Å². The first-order valence-corrected chi connectivity index (χ1v) is 9.75. The molecule has 1 atom stereocenters. The second-order valence-corrected chi connectivity index (χ2v) is 7.24. The minimum absolute atomic E-state index is 0.0587. The van der Waals surface area contributed by atoms with Gasteiger partial charge in [-0.1, -0.05) is 39.3 Å². The predicted molar refractivity (Wildman–Crippen MR) is 107 cm³/mol. The SMILES string of the molecule is CCCCc1ccc(C(=O)N[C@@H](CNC(C)=O)C(=O)NCCC(C)C)cc1. The second kappa shape index (κ2) is 12.1. The second-order valence-electron chi connectivity index (χ2n) is 7.24. The summed E-state index contributed by atoms with van der Waals surface area (Å²) in [6.07, 6.45) is 4.08. The number of hydrogen-bond donors (Lipinski definition) is 3. The van der Waals surface area contributed by atoms with Crippen LogP contribution >= 0.6 is 0 Å². The Bertz CT molecular complexity index is 612. The van der Waals surface area contributed by atoms with Gasteiger partial charge in [0.1, 0.15) is 6.04 Å². The van der Waals surface area contributed by atoms with Crippen molar-refractivity contribution in [1.82, 2.24) is 16.0 Å². The fourth-order valence-corrected chi connectivity index (χ4v) is 2.51. The van der Waals surface area contributed by atoms with Crippen LogP contribution in [0.2, 0.25) is 0 Å². The van der Waals surface area contributed by atoms with Crippen LogP contribution in [0.5, 0.6) is 0 Å². The molecule has 150 valence electrons. The molecule has 0 unspecified atom stereocenters. The smallest absolute Gasteiger partial charge is 0.251 e. The first-order valence-electron chi connectivity index (χ1n) is 9.75. The zero-order valence-electron chi connectivity index (χ0n) is 16.9.